The number of nitrogens with two attached hydrogens (primary N) is 1. The quantitative estimate of drug-likeness (QED) is 0.206. The van der Waals surface area contributed by atoms with Gasteiger partial charge in [-0.1, -0.05) is 25.1 Å². The summed E-state index contributed by atoms with van der Waals surface area (Å²) in [6.07, 6.45) is 0.230. The van der Waals surface area contributed by atoms with Crippen LogP contribution >= 0.6 is 7.75 Å². The second-order valence-electron chi connectivity index (χ2n) is 10.5. The Balaban J connectivity index is 1.55. The van der Waals surface area contributed by atoms with Gasteiger partial charge in [-0.25, -0.2) is 13.9 Å². The molecule has 13 nitrogen and oxygen atoms in total. The predicted octanol–water partition coefficient (Wildman–Crippen LogP) is 4.61. The van der Waals surface area contributed by atoms with Crippen molar-refractivity contribution in [2.45, 2.75) is 72.2 Å². The average Bonchev–Trinajstić information content (AvgIpc) is 3.48. The van der Waals surface area contributed by atoms with Crippen LogP contribution in [0.2, 0.25) is 0 Å². The summed E-state index contributed by atoms with van der Waals surface area (Å²) in [5.74, 6) is -2.52. The lowest BCUT2D eigenvalue weighted by atomic mass is 10.1. The highest BCUT2D eigenvalue weighted by atomic mass is 31.2. The van der Waals surface area contributed by atoms with Crippen molar-refractivity contribution in [2.24, 2.45) is 5.92 Å². The zero-order valence-electron chi connectivity index (χ0n) is 24.7. The Kier molecular flexibility index (Phi) is 9.71. The third-order valence-corrected chi connectivity index (χ3v) is 8.30. The lowest BCUT2D eigenvalue weighted by Crippen LogP contribution is -2.37. The number of aromatic nitrogens is 4. The van der Waals surface area contributed by atoms with Crippen LogP contribution in [-0.4, -0.2) is 63.2 Å². The molecule has 0 aliphatic carbocycles. The lowest BCUT2D eigenvalue weighted by molar-refractivity contribution is -0.173. The first-order valence-electron chi connectivity index (χ1n) is 14.0. The van der Waals surface area contributed by atoms with Crippen LogP contribution < -0.4 is 20.2 Å². The van der Waals surface area contributed by atoms with Crippen molar-refractivity contribution in [3.8, 4) is 5.75 Å². The number of hydrogen-bond acceptors (Lipinski definition) is 11. The molecular weight excluding hydrogens is 568 g/mol. The number of nitrogens with zero attached hydrogens (tertiary/aromatic N) is 5. The van der Waals surface area contributed by atoms with Gasteiger partial charge < -0.3 is 24.6 Å². The van der Waals surface area contributed by atoms with E-state index in [1.807, 2.05) is 25.7 Å². The van der Waals surface area contributed by atoms with Crippen molar-refractivity contribution < 1.29 is 32.3 Å². The number of esters is 1. The first-order valence-corrected chi connectivity index (χ1v) is 15.5. The van der Waals surface area contributed by atoms with Gasteiger partial charge in [-0.15, -0.1) is 0 Å². The Morgan fingerprint density at radius 3 is 2.60 bits per heavy atom. The second kappa shape index (κ2) is 12.9. The molecule has 2 aromatic heterocycles. The Labute approximate surface area is 244 Å². The van der Waals surface area contributed by atoms with Crippen molar-refractivity contribution in [1.29, 1.82) is 0 Å². The van der Waals surface area contributed by atoms with E-state index in [1.165, 1.54) is 13.3 Å². The number of fused-ring (bicyclic) bond motifs is 1. The van der Waals surface area contributed by atoms with E-state index in [2.05, 4.69) is 20.0 Å². The highest BCUT2D eigenvalue weighted by molar-refractivity contribution is 7.52. The van der Waals surface area contributed by atoms with E-state index in [4.69, 9.17) is 24.3 Å². The average molecular weight is 608 g/mol. The molecule has 230 valence electrons. The topological polar surface area (TPSA) is 156 Å². The van der Waals surface area contributed by atoms with Crippen LogP contribution in [-0.2, 0) is 23.4 Å². The minimum absolute atomic E-state index is 0.0573. The number of nitrogens with one attached hydrogen (secondary N) is 1. The number of carbonyl (C=O) groups is 1. The van der Waals surface area contributed by atoms with Gasteiger partial charge in [-0.3, -0.25) is 13.9 Å². The van der Waals surface area contributed by atoms with Gasteiger partial charge >= 0.3 is 13.7 Å². The maximum Gasteiger partial charge on any atom is 0.459 e. The molecule has 4 rings (SSSR count). The monoisotopic (exact) mass is 607 g/mol. The Morgan fingerprint density at radius 2 is 1.95 bits per heavy atom. The summed E-state index contributed by atoms with van der Waals surface area (Å²) in [6, 6.07) is 7.16. The third kappa shape index (κ3) is 7.17. The van der Waals surface area contributed by atoms with E-state index in [1.54, 1.807) is 48.7 Å². The molecule has 0 saturated carbocycles. The van der Waals surface area contributed by atoms with Gasteiger partial charge in [0.25, 0.3) is 0 Å². The van der Waals surface area contributed by atoms with E-state index in [0.29, 0.717) is 30.1 Å². The molecule has 0 spiro atoms. The van der Waals surface area contributed by atoms with Gasteiger partial charge in [0.05, 0.1) is 12.4 Å². The van der Waals surface area contributed by atoms with Gasteiger partial charge in [0.2, 0.25) is 11.8 Å². The summed E-state index contributed by atoms with van der Waals surface area (Å²) in [6.45, 7) is 11.3. The number of alkyl halides is 1. The number of halogens is 1. The SMILES string of the molecule is CCN(CC)c1nc(N)nc2c1ncn2[C@@H]1O[C@](F)(COP(=O)(N[C@@H](C)C(=O)OC(C)C)Oc2ccccc2)C[C@@H]1C. The molecule has 1 fully saturated rings. The summed E-state index contributed by atoms with van der Waals surface area (Å²) in [4.78, 5) is 27.6. The molecule has 1 unspecified atom stereocenters. The van der Waals surface area contributed by atoms with E-state index in [0.717, 1.165) is 0 Å². The molecule has 3 aromatic rings. The van der Waals surface area contributed by atoms with Crippen LogP contribution in [0.25, 0.3) is 11.2 Å². The van der Waals surface area contributed by atoms with Crippen LogP contribution in [0.4, 0.5) is 16.2 Å². The van der Waals surface area contributed by atoms with Crippen LogP contribution in [0.3, 0.4) is 0 Å². The fraction of sp³-hybridized carbons (Fsp3) is 0.556. The zero-order chi connectivity index (χ0) is 30.7. The van der Waals surface area contributed by atoms with Crippen LogP contribution in [0, 0.1) is 5.92 Å². The number of ether oxygens (including phenoxy) is 2. The molecule has 0 bridgehead atoms. The van der Waals surface area contributed by atoms with Crippen molar-refractivity contribution in [2.75, 3.05) is 30.3 Å². The van der Waals surface area contributed by atoms with Gasteiger partial charge in [-0.2, -0.15) is 15.1 Å². The number of nitrogen functional groups attached to an aromatic ring is 1. The van der Waals surface area contributed by atoms with E-state index in [-0.39, 0.29) is 30.1 Å². The molecule has 42 heavy (non-hydrogen) atoms. The van der Waals surface area contributed by atoms with Gasteiger partial charge in [0, 0.05) is 25.4 Å². The zero-order valence-corrected chi connectivity index (χ0v) is 25.6. The molecule has 1 aromatic carbocycles. The lowest BCUT2D eigenvalue weighted by Gasteiger charge is -2.26. The van der Waals surface area contributed by atoms with Crippen molar-refractivity contribution in [3.63, 3.8) is 0 Å². The summed E-state index contributed by atoms with van der Waals surface area (Å²) in [7, 11) is -4.29. The van der Waals surface area contributed by atoms with Gasteiger partial charge in [-0.05, 0) is 46.8 Å². The Hall–Kier alpha value is -3.32. The normalized spacial score (nSPS) is 22.7. The van der Waals surface area contributed by atoms with Gasteiger partial charge in [0.1, 0.15) is 24.6 Å². The molecule has 5 atom stereocenters. The molecular formula is C27H39FN7O6P. The number of benzene rings is 1. The molecule has 3 heterocycles. The first-order chi connectivity index (χ1) is 19.9. The molecule has 1 aliphatic heterocycles. The number of rotatable bonds is 13. The molecule has 1 saturated heterocycles. The number of carbonyl (C=O) groups excluding carboxylic acids is 1. The molecule has 15 heteroatoms. The van der Waals surface area contributed by atoms with Crippen molar-refractivity contribution >= 4 is 36.6 Å². The fourth-order valence-electron chi connectivity index (χ4n) is 4.75. The van der Waals surface area contributed by atoms with Crippen molar-refractivity contribution in [3.05, 3.63) is 36.7 Å². The van der Waals surface area contributed by atoms with E-state index < -0.39 is 38.4 Å². The van der Waals surface area contributed by atoms with Crippen molar-refractivity contribution in [1.82, 2.24) is 24.6 Å². The standard InChI is InChI=1S/C27H39FN7O6P/c1-7-34(8-2)22-21-23(32-26(29)31-22)35(16-30-21)24-18(5)14-27(28,40-24)15-38-42(37,41-20-12-10-9-11-13-20)33-19(6)25(36)39-17(3)4/h9-13,16-19,24H,7-8,14-15H2,1-6H3,(H,33,37)(H2,29,31,32)/t18-,19-,24+,27-,42?/m0/s1. The maximum atomic E-state index is 16.2. The summed E-state index contributed by atoms with van der Waals surface area (Å²) in [5.41, 5.74) is 6.95. The van der Waals surface area contributed by atoms with E-state index >= 15 is 4.39 Å². The first kappa shape index (κ1) is 31.6. The van der Waals surface area contributed by atoms with Crippen LogP contribution in [0.15, 0.2) is 36.7 Å². The van der Waals surface area contributed by atoms with E-state index in [9.17, 15) is 9.36 Å². The van der Waals surface area contributed by atoms with Gasteiger partial charge in [0.15, 0.2) is 17.0 Å². The molecule has 0 radical (unpaired) electrons. The molecule has 0 amide bonds. The Bertz CT molecular complexity index is 1420. The smallest absolute Gasteiger partial charge is 0.459 e. The number of para-hydroxylation sites is 1. The fourth-order valence-corrected chi connectivity index (χ4v) is 6.27. The third-order valence-electron chi connectivity index (χ3n) is 6.68. The molecule has 1 aliphatic rings. The highest BCUT2D eigenvalue weighted by Gasteiger charge is 2.49. The number of anilines is 2. The predicted molar refractivity (Wildman–Crippen MR) is 155 cm³/mol. The minimum atomic E-state index is -4.29. The van der Waals surface area contributed by atoms with Crippen LogP contribution in [0.1, 0.15) is 54.2 Å². The second-order valence-corrected chi connectivity index (χ2v) is 12.2. The van der Waals surface area contributed by atoms with Crippen LogP contribution in [0.5, 0.6) is 5.75 Å². The maximum absolute atomic E-state index is 16.2. The summed E-state index contributed by atoms with van der Waals surface area (Å²) < 4.78 is 53.9. The highest BCUT2D eigenvalue weighted by Crippen LogP contribution is 2.49. The summed E-state index contributed by atoms with van der Waals surface area (Å²) >= 11 is 0. The Morgan fingerprint density at radius 1 is 1.26 bits per heavy atom. The number of hydrogen-bond donors (Lipinski definition) is 2. The largest absolute Gasteiger partial charge is 0.462 e. The summed E-state index contributed by atoms with van der Waals surface area (Å²) in [5, 5.41) is 2.56. The molecule has 3 N–H and O–H groups in total. The number of imidazole rings is 1. The minimum Gasteiger partial charge on any atom is -0.462 e.